The van der Waals surface area contributed by atoms with Crippen molar-refractivity contribution in [3.63, 3.8) is 0 Å². The van der Waals surface area contributed by atoms with Crippen molar-refractivity contribution in [2.45, 2.75) is 26.4 Å². The molecule has 0 bridgehead atoms. The Morgan fingerprint density at radius 3 is 2.74 bits per heavy atom. The number of ether oxygens (including phenoxy) is 1. The third kappa shape index (κ3) is 4.96. The van der Waals surface area contributed by atoms with E-state index in [0.717, 1.165) is 21.8 Å². The van der Waals surface area contributed by atoms with Gasteiger partial charge in [-0.15, -0.1) is 11.3 Å². The van der Waals surface area contributed by atoms with Crippen LogP contribution < -0.4 is 14.5 Å². The smallest absolute Gasteiger partial charge is 0.387 e. The van der Waals surface area contributed by atoms with Crippen molar-refractivity contribution in [2.75, 3.05) is 16.3 Å². The van der Waals surface area contributed by atoms with Gasteiger partial charge >= 0.3 is 6.61 Å². The minimum absolute atomic E-state index is 0.0492. The molecule has 1 aromatic heterocycles. The average Bonchev–Trinajstić information content (AvgIpc) is 3.26. The van der Waals surface area contributed by atoms with Gasteiger partial charge in [0.25, 0.3) is 5.91 Å². The summed E-state index contributed by atoms with van der Waals surface area (Å²) in [5.41, 5.74) is 1.56. The molecule has 0 atom stereocenters. The summed E-state index contributed by atoms with van der Waals surface area (Å²) in [5, 5.41) is 1.88. The molecular weight excluding hydrogens is 467 g/mol. The molecule has 0 radical (unpaired) electrons. The summed E-state index contributed by atoms with van der Waals surface area (Å²) in [5.74, 6) is -1.45. The fourth-order valence-corrected chi connectivity index (χ4v) is 4.62. The predicted octanol–water partition coefficient (Wildman–Crippen LogP) is 5.56. The molecule has 176 valence electrons. The molecule has 0 saturated carbocycles. The Balaban J connectivity index is 1.57. The number of aryl methyl sites for hydroxylation is 1. The first-order valence-electron chi connectivity index (χ1n) is 10.4. The van der Waals surface area contributed by atoms with Crippen molar-refractivity contribution in [3.05, 3.63) is 71.0 Å². The van der Waals surface area contributed by atoms with Crippen LogP contribution >= 0.6 is 11.3 Å². The van der Waals surface area contributed by atoms with Gasteiger partial charge in [0.05, 0.1) is 17.1 Å². The molecule has 1 aliphatic rings. The van der Waals surface area contributed by atoms with E-state index >= 15 is 0 Å². The number of hydrogen-bond donors (Lipinski definition) is 0. The van der Waals surface area contributed by atoms with Crippen LogP contribution in [0.1, 0.15) is 24.6 Å². The lowest BCUT2D eigenvalue weighted by Crippen LogP contribution is -2.34. The monoisotopic (exact) mass is 487 g/mol. The first-order chi connectivity index (χ1) is 16.3. The van der Waals surface area contributed by atoms with E-state index in [2.05, 4.69) is 9.72 Å². The lowest BCUT2D eigenvalue weighted by atomic mass is 10.0. The van der Waals surface area contributed by atoms with Crippen molar-refractivity contribution in [1.82, 2.24) is 4.98 Å². The third-order valence-corrected chi connectivity index (χ3v) is 6.01. The number of benzene rings is 2. The van der Waals surface area contributed by atoms with E-state index in [9.17, 15) is 22.8 Å². The van der Waals surface area contributed by atoms with Gasteiger partial charge in [-0.25, -0.2) is 9.37 Å². The zero-order valence-electron chi connectivity index (χ0n) is 18.1. The summed E-state index contributed by atoms with van der Waals surface area (Å²) in [6.07, 6.45) is 4.08. The van der Waals surface area contributed by atoms with Gasteiger partial charge < -0.3 is 9.64 Å². The second-order valence-corrected chi connectivity index (χ2v) is 8.27. The molecule has 34 heavy (non-hydrogen) atoms. The largest absolute Gasteiger partial charge is 0.433 e. The number of anilines is 3. The summed E-state index contributed by atoms with van der Waals surface area (Å²) >= 11 is 1.12. The summed E-state index contributed by atoms with van der Waals surface area (Å²) in [6.45, 7) is -1.35. The highest BCUT2D eigenvalue weighted by Gasteiger charge is 2.26. The lowest BCUT2D eigenvalue weighted by Gasteiger charge is -2.30. The van der Waals surface area contributed by atoms with E-state index in [-0.39, 0.29) is 16.6 Å². The van der Waals surface area contributed by atoms with E-state index in [1.54, 1.807) is 23.6 Å². The van der Waals surface area contributed by atoms with Crippen LogP contribution in [0.15, 0.2) is 53.9 Å². The van der Waals surface area contributed by atoms with E-state index in [1.807, 2.05) is 0 Å². The van der Waals surface area contributed by atoms with Crippen LogP contribution in [0.3, 0.4) is 0 Å². The Hall–Kier alpha value is -3.66. The maximum atomic E-state index is 14.2. The van der Waals surface area contributed by atoms with Gasteiger partial charge in [0.2, 0.25) is 5.91 Å². The van der Waals surface area contributed by atoms with Crippen molar-refractivity contribution in [3.8, 4) is 5.75 Å². The lowest BCUT2D eigenvalue weighted by molar-refractivity contribution is -0.116. The van der Waals surface area contributed by atoms with Crippen molar-refractivity contribution < 1.29 is 27.5 Å². The molecule has 1 aliphatic heterocycles. The predicted molar refractivity (Wildman–Crippen MR) is 124 cm³/mol. The molecule has 2 heterocycles. The molecular formula is C24H20F3N3O3S. The van der Waals surface area contributed by atoms with Gasteiger partial charge in [-0.05, 0) is 42.7 Å². The molecule has 10 heteroatoms. The van der Waals surface area contributed by atoms with E-state index in [0.29, 0.717) is 30.8 Å². The molecule has 3 aromatic rings. The van der Waals surface area contributed by atoms with Crippen molar-refractivity contribution in [2.24, 2.45) is 0 Å². The fourth-order valence-electron chi connectivity index (χ4n) is 3.77. The van der Waals surface area contributed by atoms with Crippen LogP contribution in [0.5, 0.6) is 5.75 Å². The number of fused-ring (bicyclic) bond motifs is 1. The maximum absolute atomic E-state index is 14.2. The highest BCUT2D eigenvalue weighted by molar-refractivity contribution is 7.14. The Morgan fingerprint density at radius 2 is 2.00 bits per heavy atom. The Morgan fingerprint density at radius 1 is 1.21 bits per heavy atom. The standard InChI is InChI=1S/C24H20F3N3O3S/c1-15(31)30(19-9-3-2-8-18(19)25)24-28-17(14-34-24)11-12-21(32)29-13-5-7-16-6-4-10-20(22(16)29)33-23(26)27/h2-4,6,8-12,14,23H,5,7,13H2,1H3/b12-11+. The molecule has 0 N–H and O–H groups in total. The molecule has 2 amide bonds. The van der Waals surface area contributed by atoms with Crippen LogP contribution in [-0.2, 0) is 16.0 Å². The quantitative estimate of drug-likeness (QED) is 0.427. The van der Waals surface area contributed by atoms with Crippen LogP contribution in [0.2, 0.25) is 0 Å². The van der Waals surface area contributed by atoms with Gasteiger partial charge in [0.1, 0.15) is 11.6 Å². The normalized spacial score (nSPS) is 13.3. The SMILES string of the molecule is CC(=O)N(c1nc(/C=C/C(=O)N2CCCc3cccc(OC(F)F)c32)cs1)c1ccccc1F. The number of para-hydroxylation sites is 2. The second kappa shape index (κ2) is 10.1. The number of nitrogens with zero attached hydrogens (tertiary/aromatic N) is 3. The molecule has 4 rings (SSSR count). The highest BCUT2D eigenvalue weighted by atomic mass is 32.1. The van der Waals surface area contributed by atoms with Gasteiger partial charge in [-0.1, -0.05) is 24.3 Å². The minimum Gasteiger partial charge on any atom is -0.433 e. The molecule has 2 aromatic carbocycles. The number of carbonyl (C=O) groups is 2. The van der Waals surface area contributed by atoms with Gasteiger partial charge in [0.15, 0.2) is 5.13 Å². The topological polar surface area (TPSA) is 62.7 Å². The average molecular weight is 488 g/mol. The Bertz CT molecular complexity index is 1240. The van der Waals surface area contributed by atoms with Crippen molar-refractivity contribution in [1.29, 1.82) is 0 Å². The second-order valence-electron chi connectivity index (χ2n) is 7.43. The third-order valence-electron chi connectivity index (χ3n) is 5.17. The number of thiazole rings is 1. The summed E-state index contributed by atoms with van der Waals surface area (Å²) < 4.78 is 44.6. The van der Waals surface area contributed by atoms with Crippen molar-refractivity contribution >= 4 is 45.7 Å². The summed E-state index contributed by atoms with van der Waals surface area (Å²) in [7, 11) is 0. The molecule has 0 aliphatic carbocycles. The van der Waals surface area contributed by atoms with Gasteiger partial charge in [-0.2, -0.15) is 8.78 Å². The van der Waals surface area contributed by atoms with Crippen LogP contribution in [0, 0.1) is 5.82 Å². The number of alkyl halides is 2. The molecule has 0 saturated heterocycles. The Kier molecular flexibility index (Phi) is 6.97. The molecule has 0 unspecified atom stereocenters. The zero-order chi connectivity index (χ0) is 24.2. The number of hydrogen-bond acceptors (Lipinski definition) is 5. The zero-order valence-corrected chi connectivity index (χ0v) is 18.9. The first-order valence-corrected chi connectivity index (χ1v) is 11.3. The van der Waals surface area contributed by atoms with Crippen LogP contribution in [0.4, 0.5) is 29.7 Å². The van der Waals surface area contributed by atoms with E-state index in [1.165, 1.54) is 48.2 Å². The molecule has 0 fully saturated rings. The number of aromatic nitrogens is 1. The molecule has 6 nitrogen and oxygen atoms in total. The minimum atomic E-state index is -3.01. The van der Waals surface area contributed by atoms with Gasteiger partial charge in [-0.3, -0.25) is 14.5 Å². The molecule has 0 spiro atoms. The number of halogens is 3. The fraction of sp³-hybridized carbons (Fsp3) is 0.208. The van der Waals surface area contributed by atoms with Crippen LogP contribution in [0.25, 0.3) is 6.08 Å². The van der Waals surface area contributed by atoms with E-state index in [4.69, 9.17) is 0 Å². The maximum Gasteiger partial charge on any atom is 0.387 e. The number of amides is 2. The Labute approximate surface area is 197 Å². The summed E-state index contributed by atoms with van der Waals surface area (Å²) in [4.78, 5) is 32.0. The summed E-state index contributed by atoms with van der Waals surface area (Å²) in [6, 6.07) is 10.7. The van der Waals surface area contributed by atoms with Crippen LogP contribution in [-0.4, -0.2) is 30.0 Å². The van der Waals surface area contributed by atoms with E-state index < -0.39 is 24.2 Å². The number of rotatable bonds is 6. The number of carbonyl (C=O) groups excluding carboxylic acids is 2. The first kappa shape index (κ1) is 23.5. The van der Waals surface area contributed by atoms with Gasteiger partial charge in [0, 0.05) is 24.9 Å². The highest BCUT2D eigenvalue weighted by Crippen LogP contribution is 2.37.